The summed E-state index contributed by atoms with van der Waals surface area (Å²) in [5.74, 6) is 2.16. The molecule has 4 aliphatic rings. The van der Waals surface area contributed by atoms with Gasteiger partial charge in [-0.1, -0.05) is 13.3 Å². The highest BCUT2D eigenvalue weighted by molar-refractivity contribution is 6.01. The van der Waals surface area contributed by atoms with Crippen LogP contribution in [0.15, 0.2) is 48.1 Å². The van der Waals surface area contributed by atoms with E-state index in [-0.39, 0.29) is 17.3 Å². The second-order valence-electron chi connectivity index (χ2n) is 9.25. The highest BCUT2D eigenvalue weighted by Gasteiger charge is 2.56. The first-order valence-corrected chi connectivity index (χ1v) is 10.5. The zero-order valence-corrected chi connectivity index (χ0v) is 16.5. The number of allylic oxidation sites excluding steroid dienone is 2. The summed E-state index contributed by atoms with van der Waals surface area (Å²) < 4.78 is 0. The SMILES string of the molecule is C[C@@]12CCC[C@H]1[C@@H]1CCC3=CC(=O)C=C[C@]3(O)[C@H]1CC2.Oc1ccc(O)cc1. The Morgan fingerprint density at radius 3 is 2.32 bits per heavy atom. The van der Waals surface area contributed by atoms with Gasteiger partial charge in [0.25, 0.3) is 0 Å². The molecular formula is C24H30O4. The van der Waals surface area contributed by atoms with Gasteiger partial charge in [-0.05, 0) is 110 Å². The van der Waals surface area contributed by atoms with Crippen LogP contribution >= 0.6 is 0 Å². The Morgan fingerprint density at radius 1 is 0.964 bits per heavy atom. The lowest BCUT2D eigenvalue weighted by Gasteiger charge is -2.55. The maximum atomic E-state index is 11.6. The number of benzene rings is 1. The van der Waals surface area contributed by atoms with E-state index >= 15 is 0 Å². The lowest BCUT2D eigenvalue weighted by atomic mass is 9.52. The molecule has 5 rings (SSSR count). The molecule has 0 bridgehead atoms. The third-order valence-corrected chi connectivity index (χ3v) is 7.71. The van der Waals surface area contributed by atoms with Crippen molar-refractivity contribution in [3.8, 4) is 11.5 Å². The van der Waals surface area contributed by atoms with Gasteiger partial charge in [-0.3, -0.25) is 4.79 Å². The summed E-state index contributed by atoms with van der Waals surface area (Å²) in [7, 11) is 0. The first-order valence-electron chi connectivity index (χ1n) is 10.5. The Kier molecular flexibility index (Phi) is 4.86. The largest absolute Gasteiger partial charge is 0.508 e. The lowest BCUT2D eigenvalue weighted by Crippen LogP contribution is -2.53. The third kappa shape index (κ3) is 3.28. The molecule has 0 spiro atoms. The number of fused-ring (bicyclic) bond motifs is 5. The lowest BCUT2D eigenvalue weighted by molar-refractivity contribution is -0.112. The summed E-state index contributed by atoms with van der Waals surface area (Å²) in [4.78, 5) is 11.6. The van der Waals surface area contributed by atoms with Gasteiger partial charge in [-0.25, -0.2) is 0 Å². The third-order valence-electron chi connectivity index (χ3n) is 7.71. The van der Waals surface area contributed by atoms with E-state index in [1.54, 1.807) is 18.2 Å². The predicted octanol–water partition coefficient (Wildman–Crippen LogP) is 4.51. The van der Waals surface area contributed by atoms with Crippen LogP contribution in [0.4, 0.5) is 0 Å². The summed E-state index contributed by atoms with van der Waals surface area (Å²) in [6.45, 7) is 2.47. The number of hydrogen-bond donors (Lipinski definition) is 3. The molecule has 5 atom stereocenters. The second-order valence-corrected chi connectivity index (χ2v) is 9.25. The summed E-state index contributed by atoms with van der Waals surface area (Å²) in [5, 5.41) is 28.5. The van der Waals surface area contributed by atoms with Crippen LogP contribution in [0.25, 0.3) is 0 Å². The number of carbonyl (C=O) groups excluding carboxylic acids is 1. The van der Waals surface area contributed by atoms with Gasteiger partial charge in [-0.2, -0.15) is 0 Å². The number of aromatic hydroxyl groups is 2. The number of hydrogen-bond acceptors (Lipinski definition) is 4. The maximum absolute atomic E-state index is 11.6. The molecule has 4 aliphatic carbocycles. The van der Waals surface area contributed by atoms with Crippen LogP contribution in [-0.4, -0.2) is 26.7 Å². The van der Waals surface area contributed by atoms with Crippen LogP contribution in [0.1, 0.15) is 51.9 Å². The Bertz CT molecular complexity index is 787. The molecular weight excluding hydrogens is 352 g/mol. The minimum Gasteiger partial charge on any atom is -0.508 e. The monoisotopic (exact) mass is 382 g/mol. The van der Waals surface area contributed by atoms with Crippen molar-refractivity contribution in [2.45, 2.75) is 57.5 Å². The van der Waals surface area contributed by atoms with E-state index in [1.165, 1.54) is 56.4 Å². The van der Waals surface area contributed by atoms with Crippen molar-refractivity contribution in [1.29, 1.82) is 0 Å². The van der Waals surface area contributed by atoms with Crippen molar-refractivity contribution in [3.05, 3.63) is 48.1 Å². The molecule has 0 aromatic heterocycles. The minimum absolute atomic E-state index is 0.0460. The predicted molar refractivity (Wildman–Crippen MR) is 108 cm³/mol. The van der Waals surface area contributed by atoms with Gasteiger partial charge in [0.15, 0.2) is 5.78 Å². The highest BCUT2D eigenvalue weighted by atomic mass is 16.3. The van der Waals surface area contributed by atoms with E-state index in [0.717, 1.165) is 24.3 Å². The van der Waals surface area contributed by atoms with Crippen molar-refractivity contribution in [2.24, 2.45) is 23.2 Å². The van der Waals surface area contributed by atoms with Crippen LogP contribution in [0, 0.1) is 23.2 Å². The number of phenolic OH excluding ortho intramolecular Hbond substituents is 2. The van der Waals surface area contributed by atoms with Crippen LogP contribution in [0.2, 0.25) is 0 Å². The fourth-order valence-corrected chi connectivity index (χ4v) is 6.29. The number of ketones is 1. The van der Waals surface area contributed by atoms with Gasteiger partial charge in [-0.15, -0.1) is 0 Å². The van der Waals surface area contributed by atoms with E-state index in [4.69, 9.17) is 10.2 Å². The molecule has 150 valence electrons. The number of carbonyl (C=O) groups is 1. The molecule has 3 fully saturated rings. The highest BCUT2D eigenvalue weighted by Crippen LogP contribution is 2.62. The van der Waals surface area contributed by atoms with E-state index in [2.05, 4.69) is 6.92 Å². The van der Waals surface area contributed by atoms with E-state index in [0.29, 0.717) is 17.3 Å². The molecule has 0 unspecified atom stereocenters. The van der Waals surface area contributed by atoms with Gasteiger partial charge in [0, 0.05) is 0 Å². The topological polar surface area (TPSA) is 77.8 Å². The number of rotatable bonds is 0. The molecule has 0 heterocycles. The molecule has 4 heteroatoms. The first kappa shape index (κ1) is 19.3. The quantitative estimate of drug-likeness (QED) is 0.577. The molecule has 4 nitrogen and oxygen atoms in total. The Morgan fingerprint density at radius 2 is 1.64 bits per heavy atom. The fraction of sp³-hybridized carbons (Fsp3) is 0.542. The van der Waals surface area contributed by atoms with Gasteiger partial charge >= 0.3 is 0 Å². The Labute approximate surface area is 166 Å². The van der Waals surface area contributed by atoms with E-state index in [9.17, 15) is 9.90 Å². The van der Waals surface area contributed by atoms with Crippen LogP contribution < -0.4 is 0 Å². The summed E-state index contributed by atoms with van der Waals surface area (Å²) >= 11 is 0. The van der Waals surface area contributed by atoms with E-state index in [1.807, 2.05) is 0 Å². The van der Waals surface area contributed by atoms with Crippen molar-refractivity contribution in [3.63, 3.8) is 0 Å². The first-order chi connectivity index (χ1) is 13.3. The minimum atomic E-state index is -0.819. The molecule has 28 heavy (non-hydrogen) atoms. The van der Waals surface area contributed by atoms with Crippen molar-refractivity contribution >= 4 is 5.78 Å². The molecule has 1 aromatic rings. The van der Waals surface area contributed by atoms with Gasteiger partial charge < -0.3 is 15.3 Å². The zero-order chi connectivity index (χ0) is 19.9. The normalized spacial score (nSPS) is 38.4. The van der Waals surface area contributed by atoms with Crippen molar-refractivity contribution in [2.75, 3.05) is 0 Å². The molecule has 0 radical (unpaired) electrons. The molecule has 3 N–H and O–H groups in total. The number of phenols is 2. The van der Waals surface area contributed by atoms with Crippen LogP contribution in [0.5, 0.6) is 11.5 Å². The zero-order valence-electron chi connectivity index (χ0n) is 16.5. The standard InChI is InChI=1S/C18H24O2.C6H6O2/c1-17-8-2-3-15(17)14-5-4-12-11-13(19)6-10-18(12,20)16(14)7-9-17;7-5-1-2-6(8)4-3-5/h6,10-11,14-16,20H,2-5,7-9H2,1H3;1-4,7-8H/t14-,15-,16-,17-,18+;/m0./s1. The maximum Gasteiger partial charge on any atom is 0.178 e. The summed E-state index contributed by atoms with van der Waals surface area (Å²) in [6, 6.07) is 5.70. The van der Waals surface area contributed by atoms with Gasteiger partial charge in [0.1, 0.15) is 17.1 Å². The molecule has 1 aromatic carbocycles. The second kappa shape index (κ2) is 7.07. The average Bonchev–Trinajstić information content (AvgIpc) is 3.07. The Balaban J connectivity index is 0.000000203. The van der Waals surface area contributed by atoms with Gasteiger partial charge in [0.05, 0.1) is 0 Å². The number of aliphatic hydroxyl groups is 1. The molecule has 0 amide bonds. The molecule has 0 aliphatic heterocycles. The fourth-order valence-electron chi connectivity index (χ4n) is 6.29. The summed E-state index contributed by atoms with van der Waals surface area (Å²) in [5.41, 5.74) is 0.682. The van der Waals surface area contributed by atoms with Crippen LogP contribution in [0.3, 0.4) is 0 Å². The molecule has 3 saturated carbocycles. The summed E-state index contributed by atoms with van der Waals surface area (Å²) in [6.07, 6.45) is 13.6. The van der Waals surface area contributed by atoms with E-state index < -0.39 is 5.60 Å². The average molecular weight is 383 g/mol. The smallest absolute Gasteiger partial charge is 0.178 e. The van der Waals surface area contributed by atoms with Crippen molar-refractivity contribution in [1.82, 2.24) is 0 Å². The molecule has 0 saturated heterocycles. The van der Waals surface area contributed by atoms with Crippen LogP contribution in [-0.2, 0) is 4.79 Å². The Hall–Kier alpha value is -2.07. The van der Waals surface area contributed by atoms with Gasteiger partial charge in [0.2, 0.25) is 0 Å². The van der Waals surface area contributed by atoms with Crippen molar-refractivity contribution < 1.29 is 20.1 Å².